The van der Waals surface area contributed by atoms with E-state index in [0.29, 0.717) is 19.5 Å². The van der Waals surface area contributed by atoms with Gasteiger partial charge in [0.2, 0.25) is 0 Å². The van der Waals surface area contributed by atoms with E-state index in [0.717, 1.165) is 23.1 Å². The third-order valence-corrected chi connectivity index (χ3v) is 5.43. The number of para-hydroxylation sites is 3. The van der Waals surface area contributed by atoms with Crippen molar-refractivity contribution in [2.45, 2.75) is 24.8 Å². The third kappa shape index (κ3) is 3.92. The Bertz CT molecular complexity index is 1110. The number of sulfone groups is 1. The molecule has 8 nitrogen and oxygen atoms in total. The molecule has 0 unspecified atom stereocenters. The van der Waals surface area contributed by atoms with Crippen LogP contribution < -0.4 is 5.32 Å². The van der Waals surface area contributed by atoms with E-state index in [-0.39, 0.29) is 10.6 Å². The number of nitrogens with zero attached hydrogens (tertiary/aromatic N) is 3. The van der Waals surface area contributed by atoms with Crippen molar-refractivity contribution in [3.8, 4) is 0 Å². The van der Waals surface area contributed by atoms with Crippen LogP contribution >= 0.6 is 0 Å². The number of nitrogens with one attached hydrogen (secondary N) is 1. The van der Waals surface area contributed by atoms with Crippen molar-refractivity contribution in [1.82, 2.24) is 9.55 Å². The second kappa shape index (κ2) is 7.36. The Morgan fingerprint density at radius 1 is 1.19 bits per heavy atom. The Hall–Kier alpha value is -2.94. The second-order valence-electron chi connectivity index (χ2n) is 6.26. The van der Waals surface area contributed by atoms with Crippen LogP contribution in [0.2, 0.25) is 0 Å². The summed E-state index contributed by atoms with van der Waals surface area (Å²) >= 11 is 0. The fourth-order valence-electron chi connectivity index (χ4n) is 3.09. The summed E-state index contributed by atoms with van der Waals surface area (Å²) in [7, 11) is -3.69. The second-order valence-corrected chi connectivity index (χ2v) is 8.25. The van der Waals surface area contributed by atoms with Gasteiger partial charge in [-0.1, -0.05) is 18.2 Å². The van der Waals surface area contributed by atoms with Crippen LogP contribution in [0, 0.1) is 17.0 Å². The molecule has 9 heteroatoms. The van der Waals surface area contributed by atoms with Crippen molar-refractivity contribution in [3.05, 3.63) is 58.4 Å². The number of nitro benzene ring substituents is 1. The highest BCUT2D eigenvalue weighted by Crippen LogP contribution is 2.31. The van der Waals surface area contributed by atoms with Crippen LogP contribution in [0.1, 0.15) is 12.2 Å². The Morgan fingerprint density at radius 2 is 1.93 bits per heavy atom. The summed E-state index contributed by atoms with van der Waals surface area (Å²) in [4.78, 5) is 15.0. The molecule has 1 N–H and O–H groups in total. The number of aromatic nitrogens is 2. The van der Waals surface area contributed by atoms with Crippen LogP contribution in [0.5, 0.6) is 0 Å². The molecule has 0 saturated carbocycles. The zero-order valence-corrected chi connectivity index (χ0v) is 15.9. The van der Waals surface area contributed by atoms with Gasteiger partial charge in [0.25, 0.3) is 0 Å². The summed E-state index contributed by atoms with van der Waals surface area (Å²) in [5.74, 6) is 0.904. The lowest BCUT2D eigenvalue weighted by atomic mass is 10.2. The van der Waals surface area contributed by atoms with E-state index < -0.39 is 20.4 Å². The molecule has 0 bridgehead atoms. The maximum Gasteiger partial charge on any atom is 0.310 e. The number of fused-ring (bicyclic) bond motifs is 1. The number of nitro groups is 1. The summed E-state index contributed by atoms with van der Waals surface area (Å²) in [5, 5.41) is 14.4. The molecule has 3 aromatic rings. The fraction of sp³-hybridized carbons (Fsp3) is 0.278. The SMILES string of the molecule is Cc1nc2ccccc2n1CCCNc1cccc(S(C)(=O)=O)c1[N+](=O)[O-]. The summed E-state index contributed by atoms with van der Waals surface area (Å²) < 4.78 is 25.7. The lowest BCUT2D eigenvalue weighted by Gasteiger charge is -2.11. The third-order valence-electron chi connectivity index (χ3n) is 4.30. The number of aryl methyl sites for hydroxylation is 2. The van der Waals surface area contributed by atoms with E-state index in [2.05, 4.69) is 14.9 Å². The minimum Gasteiger partial charge on any atom is -0.379 e. The maximum atomic E-state index is 11.8. The van der Waals surface area contributed by atoms with Crippen LogP contribution in [0.4, 0.5) is 11.4 Å². The van der Waals surface area contributed by atoms with Gasteiger partial charge in [0.1, 0.15) is 16.4 Å². The first-order valence-corrected chi connectivity index (χ1v) is 10.3. The van der Waals surface area contributed by atoms with E-state index in [1.165, 1.54) is 18.2 Å². The maximum absolute atomic E-state index is 11.8. The van der Waals surface area contributed by atoms with Gasteiger partial charge in [-0.3, -0.25) is 10.1 Å². The quantitative estimate of drug-likeness (QED) is 0.378. The van der Waals surface area contributed by atoms with Crippen molar-refractivity contribution in [3.63, 3.8) is 0 Å². The fourth-order valence-corrected chi connectivity index (χ4v) is 3.95. The topological polar surface area (TPSA) is 107 Å². The standard InChI is InChI=1S/C18H20N4O4S/c1-13-20-14-7-3-4-9-16(14)21(13)12-6-11-19-15-8-5-10-17(27(2,25)26)18(15)22(23)24/h3-5,7-10,19H,6,11-12H2,1-2H3. The van der Waals surface area contributed by atoms with Crippen molar-refractivity contribution in [2.24, 2.45) is 0 Å². The monoisotopic (exact) mass is 388 g/mol. The molecule has 0 aliphatic carbocycles. The first-order chi connectivity index (χ1) is 12.8. The molecule has 0 atom stereocenters. The Labute approximate surface area is 156 Å². The average molecular weight is 388 g/mol. The highest BCUT2D eigenvalue weighted by atomic mass is 32.2. The van der Waals surface area contributed by atoms with E-state index in [1.807, 2.05) is 31.2 Å². The van der Waals surface area contributed by atoms with Gasteiger partial charge in [0.05, 0.1) is 16.0 Å². The van der Waals surface area contributed by atoms with Crippen molar-refractivity contribution >= 4 is 32.2 Å². The molecule has 1 aromatic heterocycles. The summed E-state index contributed by atoms with van der Waals surface area (Å²) in [6.45, 7) is 3.09. The van der Waals surface area contributed by atoms with Gasteiger partial charge in [-0.2, -0.15) is 0 Å². The Balaban J connectivity index is 1.74. The molecule has 0 amide bonds. The molecule has 0 radical (unpaired) electrons. The van der Waals surface area contributed by atoms with Gasteiger partial charge < -0.3 is 9.88 Å². The number of hydrogen-bond acceptors (Lipinski definition) is 6. The van der Waals surface area contributed by atoms with Crippen LogP contribution in [0.25, 0.3) is 11.0 Å². The number of hydrogen-bond donors (Lipinski definition) is 1. The zero-order chi connectivity index (χ0) is 19.6. The minimum atomic E-state index is -3.69. The average Bonchev–Trinajstić information content (AvgIpc) is 2.93. The Morgan fingerprint density at radius 3 is 2.63 bits per heavy atom. The zero-order valence-electron chi connectivity index (χ0n) is 15.0. The highest BCUT2D eigenvalue weighted by molar-refractivity contribution is 7.90. The number of imidazole rings is 1. The molecule has 3 rings (SSSR count). The van der Waals surface area contributed by atoms with Crippen LogP contribution in [0.3, 0.4) is 0 Å². The molecule has 1 heterocycles. The minimum absolute atomic E-state index is 0.204. The van der Waals surface area contributed by atoms with Crippen molar-refractivity contribution in [2.75, 3.05) is 18.1 Å². The van der Waals surface area contributed by atoms with Gasteiger partial charge in [-0.25, -0.2) is 13.4 Å². The van der Waals surface area contributed by atoms with Gasteiger partial charge in [0.15, 0.2) is 9.84 Å². The summed E-state index contributed by atoms with van der Waals surface area (Å²) in [5.41, 5.74) is 1.76. The van der Waals surface area contributed by atoms with Crippen molar-refractivity contribution < 1.29 is 13.3 Å². The highest BCUT2D eigenvalue weighted by Gasteiger charge is 2.25. The molecule has 2 aromatic carbocycles. The molecular weight excluding hydrogens is 368 g/mol. The smallest absolute Gasteiger partial charge is 0.310 e. The summed E-state index contributed by atoms with van der Waals surface area (Å²) in [6, 6.07) is 12.1. The molecule has 0 saturated heterocycles. The van der Waals surface area contributed by atoms with Gasteiger partial charge in [-0.05, 0) is 37.6 Å². The molecular formula is C18H20N4O4S. The molecule has 142 valence electrons. The number of benzene rings is 2. The number of anilines is 1. The molecule has 0 aliphatic heterocycles. The predicted octanol–water partition coefficient (Wildman–Crippen LogP) is 3.16. The lowest BCUT2D eigenvalue weighted by molar-refractivity contribution is -0.386. The van der Waals surface area contributed by atoms with E-state index in [9.17, 15) is 18.5 Å². The molecule has 27 heavy (non-hydrogen) atoms. The van der Waals surface area contributed by atoms with Crippen LogP contribution in [-0.2, 0) is 16.4 Å². The molecule has 0 spiro atoms. The molecule has 0 aliphatic rings. The normalized spacial score (nSPS) is 11.6. The summed E-state index contributed by atoms with van der Waals surface area (Å²) in [6.07, 6.45) is 1.66. The van der Waals surface area contributed by atoms with Gasteiger partial charge >= 0.3 is 5.69 Å². The largest absolute Gasteiger partial charge is 0.379 e. The van der Waals surface area contributed by atoms with E-state index in [1.54, 1.807) is 0 Å². The van der Waals surface area contributed by atoms with Crippen LogP contribution in [0.15, 0.2) is 47.4 Å². The Kier molecular flexibility index (Phi) is 5.13. The van der Waals surface area contributed by atoms with Crippen molar-refractivity contribution in [1.29, 1.82) is 0 Å². The van der Waals surface area contributed by atoms with Gasteiger partial charge in [-0.15, -0.1) is 0 Å². The van der Waals surface area contributed by atoms with Gasteiger partial charge in [0, 0.05) is 19.3 Å². The first kappa shape index (κ1) is 18.8. The lowest BCUT2D eigenvalue weighted by Crippen LogP contribution is -2.11. The van der Waals surface area contributed by atoms with E-state index in [4.69, 9.17) is 0 Å². The first-order valence-electron chi connectivity index (χ1n) is 8.42. The number of rotatable bonds is 7. The predicted molar refractivity (Wildman–Crippen MR) is 104 cm³/mol. The van der Waals surface area contributed by atoms with E-state index >= 15 is 0 Å². The van der Waals surface area contributed by atoms with Crippen LogP contribution in [-0.4, -0.2) is 35.7 Å². The molecule has 0 fully saturated rings.